The van der Waals surface area contributed by atoms with Crippen LogP contribution in [0.5, 0.6) is 5.75 Å². The first kappa shape index (κ1) is 13.6. The number of aryl methyl sites for hydroxylation is 1. The summed E-state index contributed by atoms with van der Waals surface area (Å²) in [6.07, 6.45) is 0. The third-order valence-corrected chi connectivity index (χ3v) is 5.32. The summed E-state index contributed by atoms with van der Waals surface area (Å²) in [6.45, 7) is 1.89. The Bertz CT molecular complexity index is 910. The molecule has 0 atom stereocenters. The molecule has 0 aliphatic rings. The van der Waals surface area contributed by atoms with Gasteiger partial charge in [0.1, 0.15) is 10.6 Å². The second-order valence-electron chi connectivity index (χ2n) is 4.95. The molecule has 0 radical (unpaired) electrons. The summed E-state index contributed by atoms with van der Waals surface area (Å²) < 4.78 is 25.6. The molecule has 21 heavy (non-hydrogen) atoms. The Hall–Kier alpha value is -2.33. The first-order valence-corrected chi connectivity index (χ1v) is 8.01. The zero-order valence-corrected chi connectivity index (χ0v) is 12.3. The molecule has 0 saturated heterocycles. The maximum atomic E-state index is 12.8. The van der Waals surface area contributed by atoms with Gasteiger partial charge in [-0.05, 0) is 30.5 Å². The molecule has 0 saturated carbocycles. The molecule has 3 nitrogen and oxygen atoms in total. The lowest BCUT2D eigenvalue weighted by molar-refractivity contribution is 0.460. The minimum Gasteiger partial charge on any atom is -0.507 e. The Morgan fingerprint density at radius 2 is 1.52 bits per heavy atom. The number of phenolic OH excluding ortho intramolecular Hbond substituents is 1. The van der Waals surface area contributed by atoms with Crippen molar-refractivity contribution in [3.63, 3.8) is 0 Å². The molecular formula is C17H14O3S. The van der Waals surface area contributed by atoms with Crippen LogP contribution in [0.25, 0.3) is 10.8 Å². The summed E-state index contributed by atoms with van der Waals surface area (Å²) >= 11 is 0. The van der Waals surface area contributed by atoms with Crippen molar-refractivity contribution in [3.8, 4) is 5.75 Å². The van der Waals surface area contributed by atoms with Crippen molar-refractivity contribution in [1.29, 1.82) is 0 Å². The average Bonchev–Trinajstić information content (AvgIpc) is 2.47. The first-order chi connectivity index (χ1) is 10.00. The lowest BCUT2D eigenvalue weighted by atomic mass is 10.1. The number of aromatic hydroxyl groups is 1. The lowest BCUT2D eigenvalue weighted by Crippen LogP contribution is -2.03. The lowest BCUT2D eigenvalue weighted by Gasteiger charge is -2.10. The van der Waals surface area contributed by atoms with E-state index >= 15 is 0 Å². The molecule has 3 aromatic rings. The van der Waals surface area contributed by atoms with Gasteiger partial charge in [0.2, 0.25) is 9.84 Å². The molecular weight excluding hydrogens is 284 g/mol. The van der Waals surface area contributed by atoms with Crippen LogP contribution in [0.4, 0.5) is 0 Å². The molecule has 0 unspecified atom stereocenters. The molecule has 3 rings (SSSR count). The van der Waals surface area contributed by atoms with Gasteiger partial charge in [0.15, 0.2) is 0 Å². The van der Waals surface area contributed by atoms with Gasteiger partial charge < -0.3 is 5.11 Å². The van der Waals surface area contributed by atoms with Gasteiger partial charge >= 0.3 is 0 Å². The number of benzene rings is 3. The van der Waals surface area contributed by atoms with E-state index in [1.807, 2.05) is 19.1 Å². The maximum absolute atomic E-state index is 12.8. The van der Waals surface area contributed by atoms with Crippen LogP contribution in [0, 0.1) is 6.92 Å². The van der Waals surface area contributed by atoms with Crippen molar-refractivity contribution in [2.45, 2.75) is 16.7 Å². The van der Waals surface area contributed by atoms with Crippen LogP contribution in [0.2, 0.25) is 0 Å². The molecule has 4 heteroatoms. The number of phenols is 1. The maximum Gasteiger partial charge on any atom is 0.210 e. The van der Waals surface area contributed by atoms with Crippen molar-refractivity contribution in [2.24, 2.45) is 0 Å². The van der Waals surface area contributed by atoms with Gasteiger partial charge in [-0.2, -0.15) is 0 Å². The summed E-state index contributed by atoms with van der Waals surface area (Å²) in [4.78, 5) is 0.143. The van der Waals surface area contributed by atoms with Crippen molar-refractivity contribution in [3.05, 3.63) is 66.2 Å². The Balaban J connectivity index is 2.33. The summed E-state index contributed by atoms with van der Waals surface area (Å²) in [7, 11) is -3.76. The second-order valence-corrected chi connectivity index (χ2v) is 6.84. The minimum atomic E-state index is -3.76. The molecule has 0 spiro atoms. The van der Waals surface area contributed by atoms with E-state index in [1.54, 1.807) is 42.5 Å². The molecule has 0 fully saturated rings. The average molecular weight is 298 g/mol. The number of sulfone groups is 1. The monoisotopic (exact) mass is 298 g/mol. The van der Waals surface area contributed by atoms with Crippen LogP contribution < -0.4 is 0 Å². The predicted molar refractivity (Wildman–Crippen MR) is 82.2 cm³/mol. The highest BCUT2D eigenvalue weighted by atomic mass is 32.2. The molecule has 0 heterocycles. The van der Waals surface area contributed by atoms with Crippen molar-refractivity contribution in [2.75, 3.05) is 0 Å². The van der Waals surface area contributed by atoms with Gasteiger partial charge in [-0.1, -0.05) is 48.0 Å². The van der Waals surface area contributed by atoms with E-state index in [0.29, 0.717) is 5.39 Å². The van der Waals surface area contributed by atoms with E-state index in [2.05, 4.69) is 0 Å². The molecule has 0 aliphatic heterocycles. The fraction of sp³-hybridized carbons (Fsp3) is 0.0588. The van der Waals surface area contributed by atoms with Gasteiger partial charge in [0, 0.05) is 5.39 Å². The SMILES string of the molecule is Cc1ccc(S(=O)(=O)c2c(O)ccc3ccccc23)cc1. The standard InChI is InChI=1S/C17H14O3S/c1-12-6-9-14(10-7-12)21(19,20)17-15-5-3-2-4-13(15)8-11-16(17)18/h2-11,18H,1H3. The molecule has 3 aromatic carbocycles. The quantitative estimate of drug-likeness (QED) is 0.785. The van der Waals surface area contributed by atoms with Crippen molar-refractivity contribution in [1.82, 2.24) is 0 Å². The van der Waals surface area contributed by atoms with Gasteiger partial charge in [0.25, 0.3) is 0 Å². The van der Waals surface area contributed by atoms with Crippen LogP contribution in [0.1, 0.15) is 5.56 Å². The number of hydrogen-bond acceptors (Lipinski definition) is 3. The smallest absolute Gasteiger partial charge is 0.210 e. The summed E-state index contributed by atoms with van der Waals surface area (Å²) in [5.74, 6) is -0.228. The molecule has 0 aliphatic carbocycles. The molecule has 106 valence electrons. The highest BCUT2D eigenvalue weighted by molar-refractivity contribution is 7.91. The summed E-state index contributed by atoms with van der Waals surface area (Å²) in [5, 5.41) is 11.4. The van der Waals surface area contributed by atoms with Crippen molar-refractivity contribution >= 4 is 20.6 Å². The van der Waals surface area contributed by atoms with Gasteiger partial charge in [-0.15, -0.1) is 0 Å². The molecule has 0 bridgehead atoms. The van der Waals surface area contributed by atoms with Gasteiger partial charge in [-0.25, -0.2) is 8.42 Å². The first-order valence-electron chi connectivity index (χ1n) is 6.52. The van der Waals surface area contributed by atoms with Crippen LogP contribution in [0.15, 0.2) is 70.5 Å². The normalized spacial score (nSPS) is 11.7. The molecule has 0 aromatic heterocycles. The second kappa shape index (κ2) is 4.90. The topological polar surface area (TPSA) is 54.4 Å². The minimum absolute atomic E-state index is 0.0375. The number of rotatable bonds is 2. The highest BCUT2D eigenvalue weighted by Crippen LogP contribution is 2.35. The van der Waals surface area contributed by atoms with Gasteiger partial charge in [-0.3, -0.25) is 0 Å². The third-order valence-electron chi connectivity index (χ3n) is 3.46. The molecule has 0 amide bonds. The zero-order valence-electron chi connectivity index (χ0n) is 11.4. The van der Waals surface area contributed by atoms with Crippen LogP contribution in [-0.4, -0.2) is 13.5 Å². The Morgan fingerprint density at radius 1 is 0.857 bits per heavy atom. The van der Waals surface area contributed by atoms with Crippen LogP contribution >= 0.6 is 0 Å². The Morgan fingerprint density at radius 3 is 2.24 bits per heavy atom. The van der Waals surface area contributed by atoms with E-state index in [9.17, 15) is 13.5 Å². The fourth-order valence-corrected chi connectivity index (χ4v) is 3.90. The van der Waals surface area contributed by atoms with E-state index in [1.165, 1.54) is 6.07 Å². The van der Waals surface area contributed by atoms with Gasteiger partial charge in [0.05, 0.1) is 4.90 Å². The van der Waals surface area contributed by atoms with Crippen molar-refractivity contribution < 1.29 is 13.5 Å². The van der Waals surface area contributed by atoms with E-state index in [-0.39, 0.29) is 15.5 Å². The van der Waals surface area contributed by atoms with E-state index in [4.69, 9.17) is 0 Å². The van der Waals surface area contributed by atoms with Crippen LogP contribution in [-0.2, 0) is 9.84 Å². The number of fused-ring (bicyclic) bond motifs is 1. The fourth-order valence-electron chi connectivity index (χ4n) is 2.35. The number of hydrogen-bond donors (Lipinski definition) is 1. The summed E-state index contributed by atoms with van der Waals surface area (Å²) in [6, 6.07) is 16.9. The Kier molecular flexibility index (Phi) is 3.18. The van der Waals surface area contributed by atoms with E-state index < -0.39 is 9.84 Å². The third kappa shape index (κ3) is 2.28. The summed E-state index contributed by atoms with van der Waals surface area (Å²) in [5.41, 5.74) is 0.982. The zero-order chi connectivity index (χ0) is 15.0. The predicted octanol–water partition coefficient (Wildman–Crippen LogP) is 3.69. The highest BCUT2D eigenvalue weighted by Gasteiger charge is 2.24. The molecule has 1 N–H and O–H groups in total. The van der Waals surface area contributed by atoms with Crippen LogP contribution in [0.3, 0.4) is 0 Å². The Labute approximate surface area is 123 Å². The van der Waals surface area contributed by atoms with E-state index in [0.717, 1.165) is 10.9 Å². The largest absolute Gasteiger partial charge is 0.507 e.